The van der Waals surface area contributed by atoms with Crippen LogP contribution in [0.25, 0.3) is 0 Å². The maximum Gasteiger partial charge on any atom is 0.126 e. The fourth-order valence-electron chi connectivity index (χ4n) is 1.41. The van der Waals surface area contributed by atoms with Gasteiger partial charge in [0.1, 0.15) is 11.6 Å². The van der Waals surface area contributed by atoms with Gasteiger partial charge in [0.25, 0.3) is 0 Å². The molecule has 0 bridgehead atoms. The summed E-state index contributed by atoms with van der Waals surface area (Å²) in [4.78, 5) is 0. The average Bonchev–Trinajstić information content (AvgIpc) is 2.16. The van der Waals surface area contributed by atoms with Crippen LogP contribution < -0.4 is 10.5 Å². The standard InChI is InChI=1S/C13H20FNO/c1-9(2)6-7-16-13-8-11(14)4-5-12(13)10(3)15/h4-5,8-10H,6-7,15H2,1-3H3. The lowest BCUT2D eigenvalue weighted by Crippen LogP contribution is -2.09. The zero-order valence-corrected chi connectivity index (χ0v) is 10.2. The number of benzene rings is 1. The molecule has 1 unspecified atom stereocenters. The van der Waals surface area contributed by atoms with Gasteiger partial charge in [-0.05, 0) is 25.3 Å². The summed E-state index contributed by atoms with van der Waals surface area (Å²) in [6, 6.07) is 4.35. The number of rotatable bonds is 5. The third-order valence-corrected chi connectivity index (χ3v) is 2.42. The summed E-state index contributed by atoms with van der Waals surface area (Å²) in [5.41, 5.74) is 6.65. The van der Waals surface area contributed by atoms with Gasteiger partial charge in [-0.15, -0.1) is 0 Å². The van der Waals surface area contributed by atoms with Crippen molar-refractivity contribution in [1.29, 1.82) is 0 Å². The fourth-order valence-corrected chi connectivity index (χ4v) is 1.41. The minimum atomic E-state index is -0.288. The summed E-state index contributed by atoms with van der Waals surface area (Å²) in [6.45, 7) is 6.71. The van der Waals surface area contributed by atoms with Crippen LogP contribution in [0.2, 0.25) is 0 Å². The zero-order valence-electron chi connectivity index (χ0n) is 10.2. The molecule has 1 aromatic rings. The highest BCUT2D eigenvalue weighted by atomic mass is 19.1. The molecule has 0 saturated heterocycles. The molecular formula is C13H20FNO. The number of nitrogens with two attached hydrogens (primary N) is 1. The second-order valence-corrected chi connectivity index (χ2v) is 4.50. The molecule has 1 atom stereocenters. The largest absolute Gasteiger partial charge is 0.493 e. The van der Waals surface area contributed by atoms with Crippen molar-refractivity contribution in [1.82, 2.24) is 0 Å². The summed E-state index contributed by atoms with van der Waals surface area (Å²) >= 11 is 0. The molecule has 0 radical (unpaired) electrons. The summed E-state index contributed by atoms with van der Waals surface area (Å²) in [5.74, 6) is 0.854. The first-order valence-corrected chi connectivity index (χ1v) is 5.68. The van der Waals surface area contributed by atoms with E-state index in [9.17, 15) is 4.39 Å². The summed E-state index contributed by atoms with van der Waals surface area (Å²) < 4.78 is 18.6. The van der Waals surface area contributed by atoms with Crippen molar-refractivity contribution in [3.63, 3.8) is 0 Å². The predicted octanol–water partition coefficient (Wildman–Crippen LogP) is 3.27. The van der Waals surface area contributed by atoms with Gasteiger partial charge in [0, 0.05) is 17.7 Å². The van der Waals surface area contributed by atoms with E-state index in [1.165, 1.54) is 12.1 Å². The van der Waals surface area contributed by atoms with Crippen molar-refractivity contribution in [2.45, 2.75) is 33.2 Å². The van der Waals surface area contributed by atoms with Crippen LogP contribution in [0.3, 0.4) is 0 Å². The molecule has 2 N–H and O–H groups in total. The van der Waals surface area contributed by atoms with Gasteiger partial charge in [-0.2, -0.15) is 0 Å². The van der Waals surface area contributed by atoms with Gasteiger partial charge in [0.2, 0.25) is 0 Å². The first-order valence-electron chi connectivity index (χ1n) is 5.68. The van der Waals surface area contributed by atoms with Crippen LogP contribution in [0.4, 0.5) is 4.39 Å². The first-order chi connectivity index (χ1) is 7.50. The monoisotopic (exact) mass is 225 g/mol. The molecule has 16 heavy (non-hydrogen) atoms. The summed E-state index contributed by atoms with van der Waals surface area (Å²) in [7, 11) is 0. The lowest BCUT2D eigenvalue weighted by atomic mass is 10.1. The predicted molar refractivity (Wildman–Crippen MR) is 64.0 cm³/mol. The molecule has 1 aromatic carbocycles. The molecule has 0 heterocycles. The Balaban J connectivity index is 2.72. The van der Waals surface area contributed by atoms with E-state index >= 15 is 0 Å². The summed E-state index contributed by atoms with van der Waals surface area (Å²) in [5, 5.41) is 0. The van der Waals surface area contributed by atoms with Crippen LogP contribution in [0.15, 0.2) is 18.2 Å². The topological polar surface area (TPSA) is 35.2 Å². The Kier molecular flexibility index (Phi) is 4.74. The number of ether oxygens (including phenoxy) is 1. The van der Waals surface area contributed by atoms with Crippen molar-refractivity contribution in [2.75, 3.05) is 6.61 Å². The van der Waals surface area contributed by atoms with E-state index in [0.29, 0.717) is 18.3 Å². The van der Waals surface area contributed by atoms with Crippen molar-refractivity contribution in [3.05, 3.63) is 29.6 Å². The van der Waals surface area contributed by atoms with Crippen LogP contribution in [-0.2, 0) is 0 Å². The third kappa shape index (κ3) is 3.81. The van der Waals surface area contributed by atoms with Crippen LogP contribution >= 0.6 is 0 Å². The van der Waals surface area contributed by atoms with E-state index in [-0.39, 0.29) is 11.9 Å². The molecule has 0 aromatic heterocycles. The molecule has 0 amide bonds. The van der Waals surface area contributed by atoms with Crippen molar-refractivity contribution in [3.8, 4) is 5.75 Å². The van der Waals surface area contributed by atoms with Gasteiger partial charge < -0.3 is 10.5 Å². The maximum absolute atomic E-state index is 13.1. The van der Waals surface area contributed by atoms with Gasteiger partial charge in [0.05, 0.1) is 6.61 Å². The van der Waals surface area contributed by atoms with Crippen LogP contribution in [0.5, 0.6) is 5.75 Å². The lowest BCUT2D eigenvalue weighted by Gasteiger charge is -2.14. The van der Waals surface area contributed by atoms with Crippen molar-refractivity contribution in [2.24, 2.45) is 11.7 Å². The lowest BCUT2D eigenvalue weighted by molar-refractivity contribution is 0.284. The molecule has 3 heteroatoms. The highest BCUT2D eigenvalue weighted by Crippen LogP contribution is 2.25. The molecule has 0 aliphatic heterocycles. The third-order valence-electron chi connectivity index (χ3n) is 2.42. The van der Waals surface area contributed by atoms with E-state index < -0.39 is 0 Å². The highest BCUT2D eigenvalue weighted by molar-refractivity contribution is 5.36. The molecular weight excluding hydrogens is 205 g/mol. The highest BCUT2D eigenvalue weighted by Gasteiger charge is 2.09. The molecule has 0 spiro atoms. The quantitative estimate of drug-likeness (QED) is 0.834. The number of hydrogen-bond donors (Lipinski definition) is 1. The second kappa shape index (κ2) is 5.85. The zero-order chi connectivity index (χ0) is 12.1. The van der Waals surface area contributed by atoms with Crippen molar-refractivity contribution >= 4 is 0 Å². The average molecular weight is 225 g/mol. The fraction of sp³-hybridized carbons (Fsp3) is 0.538. The van der Waals surface area contributed by atoms with Gasteiger partial charge in [-0.25, -0.2) is 4.39 Å². The number of hydrogen-bond acceptors (Lipinski definition) is 2. The Morgan fingerprint density at radius 2 is 2.00 bits per heavy atom. The Morgan fingerprint density at radius 3 is 2.56 bits per heavy atom. The molecule has 2 nitrogen and oxygen atoms in total. The van der Waals surface area contributed by atoms with Gasteiger partial charge in [0.15, 0.2) is 0 Å². The summed E-state index contributed by atoms with van der Waals surface area (Å²) in [6.07, 6.45) is 0.953. The van der Waals surface area contributed by atoms with E-state index in [1.54, 1.807) is 6.07 Å². The molecule has 0 aliphatic rings. The van der Waals surface area contributed by atoms with E-state index in [2.05, 4.69) is 13.8 Å². The molecule has 1 rings (SSSR count). The second-order valence-electron chi connectivity index (χ2n) is 4.50. The molecule has 0 fully saturated rings. The van der Waals surface area contributed by atoms with Crippen LogP contribution in [0, 0.1) is 11.7 Å². The minimum Gasteiger partial charge on any atom is -0.493 e. The molecule has 90 valence electrons. The minimum absolute atomic E-state index is 0.144. The first kappa shape index (κ1) is 13.0. The van der Waals surface area contributed by atoms with E-state index in [1.807, 2.05) is 6.92 Å². The van der Waals surface area contributed by atoms with Gasteiger partial charge in [-0.3, -0.25) is 0 Å². The van der Waals surface area contributed by atoms with Crippen LogP contribution in [0.1, 0.15) is 38.8 Å². The number of halogens is 1. The van der Waals surface area contributed by atoms with Crippen molar-refractivity contribution < 1.29 is 9.13 Å². The Hall–Kier alpha value is -1.09. The van der Waals surface area contributed by atoms with E-state index in [4.69, 9.17) is 10.5 Å². The Bertz CT molecular complexity index is 337. The Morgan fingerprint density at radius 1 is 1.31 bits per heavy atom. The van der Waals surface area contributed by atoms with E-state index in [0.717, 1.165) is 12.0 Å². The Labute approximate surface area is 96.6 Å². The van der Waals surface area contributed by atoms with Gasteiger partial charge in [-0.1, -0.05) is 19.9 Å². The molecule has 0 saturated carbocycles. The maximum atomic E-state index is 13.1. The normalized spacial score (nSPS) is 12.9. The van der Waals surface area contributed by atoms with Crippen LogP contribution in [-0.4, -0.2) is 6.61 Å². The smallest absolute Gasteiger partial charge is 0.126 e. The molecule has 0 aliphatic carbocycles. The SMILES string of the molecule is CC(C)CCOc1cc(F)ccc1C(C)N. The van der Waals surface area contributed by atoms with Gasteiger partial charge >= 0.3 is 0 Å².